The number of benzene rings is 1. The van der Waals surface area contributed by atoms with Crippen LogP contribution in [0.15, 0.2) is 24.4 Å². The van der Waals surface area contributed by atoms with Crippen LogP contribution < -0.4 is 5.32 Å². The zero-order chi connectivity index (χ0) is 16.1. The lowest BCUT2D eigenvalue weighted by atomic mass is 10.3. The van der Waals surface area contributed by atoms with E-state index < -0.39 is 11.9 Å². The number of ether oxygens (including phenoxy) is 1. The van der Waals surface area contributed by atoms with Crippen molar-refractivity contribution >= 4 is 40.8 Å². The Kier molecular flexibility index (Phi) is 5.35. The smallest absolute Gasteiger partial charge is 0.360 e. The number of para-hydroxylation sites is 1. The second-order valence-corrected chi connectivity index (χ2v) is 4.98. The lowest BCUT2D eigenvalue weighted by Gasteiger charge is -2.08. The summed E-state index contributed by atoms with van der Waals surface area (Å²) in [5.41, 5.74) is 0.354. The van der Waals surface area contributed by atoms with Crippen molar-refractivity contribution < 1.29 is 14.3 Å². The topological polar surface area (TPSA) is 86.1 Å². The molecule has 1 N–H and O–H groups in total. The summed E-state index contributed by atoms with van der Waals surface area (Å²) >= 11 is 11.9. The third-order valence-corrected chi connectivity index (χ3v) is 3.19. The molecule has 0 aliphatic carbocycles. The quantitative estimate of drug-likeness (QED) is 0.843. The van der Waals surface area contributed by atoms with Crippen molar-refractivity contribution in [1.82, 2.24) is 15.0 Å². The highest BCUT2D eigenvalue weighted by Crippen LogP contribution is 2.29. The van der Waals surface area contributed by atoms with Crippen LogP contribution in [0.5, 0.6) is 0 Å². The highest BCUT2D eigenvalue weighted by Gasteiger charge is 2.14. The standard InChI is InChI=1S/C13H12Cl2N4O3/c1-2-22-13(21)10-6-19(18-17-10)7-11(20)16-12-8(14)4-3-5-9(12)15/h3-6H,2,7H2,1H3,(H,16,20). The van der Waals surface area contributed by atoms with Crippen molar-refractivity contribution in [3.8, 4) is 0 Å². The van der Waals surface area contributed by atoms with E-state index in [1.807, 2.05) is 0 Å². The third-order valence-electron chi connectivity index (χ3n) is 2.56. The van der Waals surface area contributed by atoms with Crippen LogP contribution in [0.2, 0.25) is 10.0 Å². The summed E-state index contributed by atoms with van der Waals surface area (Å²) in [5, 5.41) is 10.6. The summed E-state index contributed by atoms with van der Waals surface area (Å²) in [6, 6.07) is 4.89. The molecule has 0 spiro atoms. The second kappa shape index (κ2) is 7.24. The van der Waals surface area contributed by atoms with E-state index in [9.17, 15) is 9.59 Å². The predicted octanol–water partition coefficient (Wildman–Crippen LogP) is 2.40. The zero-order valence-corrected chi connectivity index (χ0v) is 13.1. The van der Waals surface area contributed by atoms with Crippen LogP contribution in [0.25, 0.3) is 0 Å². The van der Waals surface area contributed by atoms with Gasteiger partial charge in [0.05, 0.1) is 28.5 Å². The van der Waals surface area contributed by atoms with Gasteiger partial charge in [-0.25, -0.2) is 9.48 Å². The Morgan fingerprint density at radius 1 is 1.32 bits per heavy atom. The first kappa shape index (κ1) is 16.3. The minimum absolute atomic E-state index is 0.0328. The van der Waals surface area contributed by atoms with Crippen LogP contribution in [-0.2, 0) is 16.1 Å². The van der Waals surface area contributed by atoms with Gasteiger partial charge in [-0.1, -0.05) is 34.5 Å². The molecule has 1 heterocycles. The van der Waals surface area contributed by atoms with Crippen LogP contribution in [0.4, 0.5) is 5.69 Å². The van der Waals surface area contributed by atoms with E-state index in [1.165, 1.54) is 10.9 Å². The number of carbonyl (C=O) groups is 2. The van der Waals surface area contributed by atoms with Crippen molar-refractivity contribution in [3.63, 3.8) is 0 Å². The van der Waals surface area contributed by atoms with E-state index in [0.717, 1.165) is 0 Å². The average molecular weight is 343 g/mol. The molecule has 0 atom stereocenters. The number of nitrogens with one attached hydrogen (secondary N) is 1. The first-order chi connectivity index (χ1) is 10.5. The van der Waals surface area contributed by atoms with Crippen molar-refractivity contribution in [2.45, 2.75) is 13.5 Å². The fourth-order valence-electron chi connectivity index (χ4n) is 1.62. The van der Waals surface area contributed by atoms with Gasteiger partial charge in [-0.2, -0.15) is 0 Å². The molecule has 0 radical (unpaired) electrons. The Morgan fingerprint density at radius 3 is 2.64 bits per heavy atom. The molecule has 0 saturated carbocycles. The van der Waals surface area contributed by atoms with Gasteiger partial charge in [-0.15, -0.1) is 5.10 Å². The van der Waals surface area contributed by atoms with Crippen LogP contribution in [0, 0.1) is 0 Å². The molecule has 1 amide bonds. The molecule has 0 saturated heterocycles. The largest absolute Gasteiger partial charge is 0.461 e. The van der Waals surface area contributed by atoms with E-state index in [2.05, 4.69) is 15.6 Å². The molecule has 0 fully saturated rings. The maximum atomic E-state index is 12.0. The number of halogens is 2. The minimum atomic E-state index is -0.594. The Balaban J connectivity index is 2.02. The summed E-state index contributed by atoms with van der Waals surface area (Å²) in [7, 11) is 0. The first-order valence-corrected chi connectivity index (χ1v) is 7.08. The minimum Gasteiger partial charge on any atom is -0.461 e. The van der Waals surface area contributed by atoms with Gasteiger partial charge in [0.15, 0.2) is 5.69 Å². The summed E-state index contributed by atoms with van der Waals surface area (Å²) in [6.07, 6.45) is 1.33. The molecule has 2 aromatic rings. The first-order valence-electron chi connectivity index (χ1n) is 6.32. The molecule has 9 heteroatoms. The van der Waals surface area contributed by atoms with Gasteiger partial charge in [0.1, 0.15) is 6.54 Å². The fourth-order valence-corrected chi connectivity index (χ4v) is 2.11. The number of rotatable bonds is 5. The third kappa shape index (κ3) is 3.96. The van der Waals surface area contributed by atoms with Crippen molar-refractivity contribution in [2.75, 3.05) is 11.9 Å². The zero-order valence-electron chi connectivity index (χ0n) is 11.5. The number of hydrogen-bond acceptors (Lipinski definition) is 5. The molecular formula is C13H12Cl2N4O3. The van der Waals surface area contributed by atoms with E-state index in [-0.39, 0.29) is 18.8 Å². The van der Waals surface area contributed by atoms with Gasteiger partial charge in [-0.05, 0) is 19.1 Å². The van der Waals surface area contributed by atoms with Gasteiger partial charge >= 0.3 is 5.97 Å². The molecule has 7 nitrogen and oxygen atoms in total. The molecule has 116 valence electrons. The highest BCUT2D eigenvalue weighted by molar-refractivity contribution is 6.39. The van der Waals surface area contributed by atoms with Crippen LogP contribution in [0.3, 0.4) is 0 Å². The number of anilines is 1. The molecular weight excluding hydrogens is 331 g/mol. The maximum absolute atomic E-state index is 12.0. The van der Waals surface area contributed by atoms with E-state index >= 15 is 0 Å². The molecule has 22 heavy (non-hydrogen) atoms. The maximum Gasteiger partial charge on any atom is 0.360 e. The molecule has 1 aromatic carbocycles. The number of aromatic nitrogens is 3. The van der Waals surface area contributed by atoms with Crippen LogP contribution in [-0.4, -0.2) is 33.5 Å². The van der Waals surface area contributed by atoms with Crippen molar-refractivity contribution in [1.29, 1.82) is 0 Å². The summed E-state index contributed by atoms with van der Waals surface area (Å²) in [6.45, 7) is 1.77. The monoisotopic (exact) mass is 342 g/mol. The Labute approximate surface area is 136 Å². The Bertz CT molecular complexity index is 682. The average Bonchev–Trinajstić information content (AvgIpc) is 2.92. The summed E-state index contributed by atoms with van der Waals surface area (Å²) in [5.74, 6) is -1.00. The van der Waals surface area contributed by atoms with Crippen LogP contribution in [0.1, 0.15) is 17.4 Å². The molecule has 0 unspecified atom stereocenters. The molecule has 0 aliphatic rings. The molecule has 0 bridgehead atoms. The van der Waals surface area contributed by atoms with Crippen molar-refractivity contribution in [2.24, 2.45) is 0 Å². The van der Waals surface area contributed by atoms with Crippen LogP contribution >= 0.6 is 23.2 Å². The Morgan fingerprint density at radius 2 is 2.00 bits per heavy atom. The normalized spacial score (nSPS) is 10.3. The number of amides is 1. The lowest BCUT2D eigenvalue weighted by Crippen LogP contribution is -2.19. The molecule has 2 rings (SSSR count). The lowest BCUT2D eigenvalue weighted by molar-refractivity contribution is -0.116. The SMILES string of the molecule is CCOC(=O)c1cn(CC(=O)Nc2c(Cl)cccc2Cl)nn1. The van der Waals surface area contributed by atoms with Gasteiger partial charge in [0, 0.05) is 0 Å². The van der Waals surface area contributed by atoms with E-state index in [4.69, 9.17) is 27.9 Å². The van der Waals surface area contributed by atoms with E-state index in [1.54, 1.807) is 25.1 Å². The number of hydrogen-bond donors (Lipinski definition) is 1. The van der Waals surface area contributed by atoms with Gasteiger partial charge < -0.3 is 10.1 Å². The van der Waals surface area contributed by atoms with Crippen molar-refractivity contribution in [3.05, 3.63) is 40.1 Å². The second-order valence-electron chi connectivity index (χ2n) is 4.17. The van der Waals surface area contributed by atoms with Gasteiger partial charge in [0.2, 0.25) is 5.91 Å². The van der Waals surface area contributed by atoms with Gasteiger partial charge in [0.25, 0.3) is 0 Å². The highest BCUT2D eigenvalue weighted by atomic mass is 35.5. The van der Waals surface area contributed by atoms with E-state index in [0.29, 0.717) is 15.7 Å². The summed E-state index contributed by atoms with van der Waals surface area (Å²) in [4.78, 5) is 23.4. The number of nitrogens with zero attached hydrogens (tertiary/aromatic N) is 3. The summed E-state index contributed by atoms with van der Waals surface area (Å²) < 4.78 is 6.00. The molecule has 1 aromatic heterocycles. The predicted molar refractivity (Wildman–Crippen MR) is 81.1 cm³/mol. The van der Waals surface area contributed by atoms with Gasteiger partial charge in [-0.3, -0.25) is 4.79 Å². The fraction of sp³-hybridized carbons (Fsp3) is 0.231. The Hall–Kier alpha value is -2.12. The number of esters is 1. The number of carbonyl (C=O) groups excluding carboxylic acids is 2. The molecule has 0 aliphatic heterocycles.